The van der Waals surface area contributed by atoms with Crippen LogP contribution in [-0.4, -0.2) is 45.8 Å². The summed E-state index contributed by atoms with van der Waals surface area (Å²) in [5, 5.41) is 2.96. The van der Waals surface area contributed by atoms with E-state index in [1.54, 1.807) is 12.5 Å². The first-order valence-corrected chi connectivity index (χ1v) is 7.28. The third kappa shape index (κ3) is 3.00. The summed E-state index contributed by atoms with van der Waals surface area (Å²) < 4.78 is 0. The van der Waals surface area contributed by atoms with Gasteiger partial charge in [0.1, 0.15) is 0 Å². The molecule has 0 bridgehead atoms. The average Bonchev–Trinajstić information content (AvgIpc) is 3.16. The summed E-state index contributed by atoms with van der Waals surface area (Å²) in [4.78, 5) is 32.8. The van der Waals surface area contributed by atoms with Gasteiger partial charge in [-0.1, -0.05) is 0 Å². The summed E-state index contributed by atoms with van der Waals surface area (Å²) in [6, 6.07) is 0.406. The normalized spacial score (nSPS) is 22.9. The van der Waals surface area contributed by atoms with Crippen LogP contribution in [0.1, 0.15) is 31.4 Å². The van der Waals surface area contributed by atoms with E-state index < -0.39 is 0 Å². The SMILES string of the molecule is O=C(NCCc1cnc[nH]1)[C@@H]1CCC(=O)N(C2CC2)C1. The Bertz CT molecular complexity index is 481. The standard InChI is InChI=1S/C14H20N4O2/c19-13-4-1-10(8-18(13)12-2-3-12)14(20)16-6-5-11-7-15-9-17-11/h7,9-10,12H,1-6,8H2,(H,15,17)(H,16,20)/t10-/m1/s1. The van der Waals surface area contributed by atoms with Crippen LogP contribution in [0.5, 0.6) is 0 Å². The molecule has 2 fully saturated rings. The van der Waals surface area contributed by atoms with Crippen LogP contribution in [0.25, 0.3) is 0 Å². The van der Waals surface area contributed by atoms with E-state index in [1.807, 2.05) is 4.90 Å². The lowest BCUT2D eigenvalue weighted by molar-refractivity contribution is -0.138. The molecule has 1 aliphatic carbocycles. The molecule has 2 aliphatic rings. The fourth-order valence-corrected chi connectivity index (χ4v) is 2.71. The Morgan fingerprint density at radius 1 is 1.45 bits per heavy atom. The van der Waals surface area contributed by atoms with Crippen LogP contribution in [0, 0.1) is 5.92 Å². The van der Waals surface area contributed by atoms with Gasteiger partial charge >= 0.3 is 0 Å². The number of imidazole rings is 1. The van der Waals surface area contributed by atoms with Crippen molar-refractivity contribution in [3.63, 3.8) is 0 Å². The number of nitrogens with zero attached hydrogens (tertiary/aromatic N) is 2. The van der Waals surface area contributed by atoms with Crippen molar-refractivity contribution in [2.24, 2.45) is 5.92 Å². The van der Waals surface area contributed by atoms with Gasteiger partial charge in [0.15, 0.2) is 0 Å². The maximum absolute atomic E-state index is 12.1. The zero-order chi connectivity index (χ0) is 13.9. The van der Waals surface area contributed by atoms with Gasteiger partial charge in [-0.05, 0) is 19.3 Å². The molecule has 2 N–H and O–H groups in total. The van der Waals surface area contributed by atoms with Crippen LogP contribution in [0.15, 0.2) is 12.5 Å². The zero-order valence-corrected chi connectivity index (χ0v) is 11.5. The number of amides is 2. The minimum absolute atomic E-state index is 0.0462. The van der Waals surface area contributed by atoms with Gasteiger partial charge in [-0.3, -0.25) is 9.59 Å². The molecule has 6 nitrogen and oxygen atoms in total. The summed E-state index contributed by atoms with van der Waals surface area (Å²) in [6.45, 7) is 1.20. The van der Waals surface area contributed by atoms with Gasteiger partial charge in [-0.15, -0.1) is 0 Å². The Hall–Kier alpha value is -1.85. The molecule has 1 aromatic rings. The Morgan fingerprint density at radius 2 is 2.30 bits per heavy atom. The van der Waals surface area contributed by atoms with Crippen LogP contribution in [0.4, 0.5) is 0 Å². The largest absolute Gasteiger partial charge is 0.355 e. The number of piperidine rings is 1. The summed E-state index contributed by atoms with van der Waals surface area (Å²) in [6.07, 6.45) is 7.54. The van der Waals surface area contributed by atoms with E-state index in [0.29, 0.717) is 32.0 Å². The van der Waals surface area contributed by atoms with E-state index in [9.17, 15) is 9.59 Å². The summed E-state index contributed by atoms with van der Waals surface area (Å²) >= 11 is 0. The first-order chi connectivity index (χ1) is 9.74. The molecule has 1 aliphatic heterocycles. The van der Waals surface area contributed by atoms with E-state index >= 15 is 0 Å². The molecule has 2 amide bonds. The molecule has 0 spiro atoms. The van der Waals surface area contributed by atoms with Gasteiger partial charge in [0.05, 0.1) is 12.2 Å². The molecule has 1 atom stereocenters. The van der Waals surface area contributed by atoms with Crippen molar-refractivity contribution in [1.82, 2.24) is 20.2 Å². The number of likely N-dealkylation sites (tertiary alicyclic amines) is 1. The minimum Gasteiger partial charge on any atom is -0.355 e. The summed E-state index contributed by atoms with van der Waals surface area (Å²) in [5.41, 5.74) is 1.02. The highest BCUT2D eigenvalue weighted by Crippen LogP contribution is 2.31. The molecule has 0 unspecified atom stereocenters. The highest BCUT2D eigenvalue weighted by atomic mass is 16.2. The van der Waals surface area contributed by atoms with Gasteiger partial charge in [-0.25, -0.2) is 4.98 Å². The quantitative estimate of drug-likeness (QED) is 0.820. The molecule has 1 aromatic heterocycles. The lowest BCUT2D eigenvalue weighted by Crippen LogP contribution is -2.46. The number of carbonyl (C=O) groups is 2. The second-order valence-electron chi connectivity index (χ2n) is 5.63. The fraction of sp³-hybridized carbons (Fsp3) is 0.643. The molecule has 0 aromatic carbocycles. The molecule has 1 saturated heterocycles. The Labute approximate surface area is 117 Å². The fourth-order valence-electron chi connectivity index (χ4n) is 2.71. The van der Waals surface area contributed by atoms with Crippen LogP contribution >= 0.6 is 0 Å². The first kappa shape index (κ1) is 13.1. The number of aromatic nitrogens is 2. The van der Waals surface area contributed by atoms with Gasteiger partial charge in [0.2, 0.25) is 11.8 Å². The number of H-pyrrole nitrogens is 1. The van der Waals surface area contributed by atoms with E-state index in [0.717, 1.165) is 25.0 Å². The predicted molar refractivity (Wildman–Crippen MR) is 72.8 cm³/mol. The summed E-state index contributed by atoms with van der Waals surface area (Å²) in [5.74, 6) is 0.242. The van der Waals surface area contributed by atoms with Gasteiger partial charge in [0.25, 0.3) is 0 Å². The first-order valence-electron chi connectivity index (χ1n) is 7.28. The highest BCUT2D eigenvalue weighted by molar-refractivity contribution is 5.84. The van der Waals surface area contributed by atoms with Crippen LogP contribution in [-0.2, 0) is 16.0 Å². The number of aromatic amines is 1. The third-order valence-corrected chi connectivity index (χ3v) is 4.05. The van der Waals surface area contributed by atoms with Crippen molar-refractivity contribution >= 4 is 11.8 Å². The number of carbonyl (C=O) groups excluding carboxylic acids is 2. The van der Waals surface area contributed by atoms with Crippen molar-refractivity contribution in [3.05, 3.63) is 18.2 Å². The topological polar surface area (TPSA) is 78.1 Å². The van der Waals surface area contributed by atoms with Crippen LogP contribution in [0.2, 0.25) is 0 Å². The Balaban J connectivity index is 1.45. The maximum Gasteiger partial charge on any atom is 0.224 e. The third-order valence-electron chi connectivity index (χ3n) is 4.05. The average molecular weight is 276 g/mol. The lowest BCUT2D eigenvalue weighted by atomic mass is 9.96. The monoisotopic (exact) mass is 276 g/mol. The van der Waals surface area contributed by atoms with Crippen molar-refractivity contribution in [2.45, 2.75) is 38.1 Å². The number of rotatable bonds is 5. The smallest absolute Gasteiger partial charge is 0.224 e. The molecule has 2 heterocycles. The second-order valence-corrected chi connectivity index (χ2v) is 5.63. The van der Waals surface area contributed by atoms with E-state index in [1.165, 1.54) is 0 Å². The molecular weight excluding hydrogens is 256 g/mol. The molecule has 6 heteroatoms. The Kier molecular flexibility index (Phi) is 3.71. The van der Waals surface area contributed by atoms with E-state index in [-0.39, 0.29) is 17.7 Å². The minimum atomic E-state index is -0.0462. The Morgan fingerprint density at radius 3 is 3.00 bits per heavy atom. The number of hydrogen-bond acceptors (Lipinski definition) is 3. The van der Waals surface area contributed by atoms with Crippen molar-refractivity contribution in [2.75, 3.05) is 13.1 Å². The number of hydrogen-bond donors (Lipinski definition) is 2. The molecule has 20 heavy (non-hydrogen) atoms. The second kappa shape index (κ2) is 5.64. The van der Waals surface area contributed by atoms with Crippen molar-refractivity contribution < 1.29 is 9.59 Å². The van der Waals surface area contributed by atoms with Gasteiger partial charge in [0, 0.05) is 43.9 Å². The molecule has 0 radical (unpaired) electrons. The van der Waals surface area contributed by atoms with Crippen LogP contribution in [0.3, 0.4) is 0 Å². The van der Waals surface area contributed by atoms with Gasteiger partial charge in [-0.2, -0.15) is 0 Å². The molecule has 3 rings (SSSR count). The van der Waals surface area contributed by atoms with Gasteiger partial charge < -0.3 is 15.2 Å². The lowest BCUT2D eigenvalue weighted by Gasteiger charge is -2.32. The molecule has 1 saturated carbocycles. The molecule has 108 valence electrons. The van der Waals surface area contributed by atoms with Crippen molar-refractivity contribution in [3.8, 4) is 0 Å². The van der Waals surface area contributed by atoms with E-state index in [2.05, 4.69) is 15.3 Å². The predicted octanol–water partition coefficient (Wildman–Crippen LogP) is 0.469. The number of nitrogens with one attached hydrogen (secondary N) is 2. The van der Waals surface area contributed by atoms with Crippen molar-refractivity contribution in [1.29, 1.82) is 0 Å². The zero-order valence-electron chi connectivity index (χ0n) is 11.5. The highest BCUT2D eigenvalue weighted by Gasteiger charge is 2.38. The van der Waals surface area contributed by atoms with Crippen LogP contribution < -0.4 is 5.32 Å². The maximum atomic E-state index is 12.1. The summed E-state index contributed by atoms with van der Waals surface area (Å²) in [7, 11) is 0. The van der Waals surface area contributed by atoms with E-state index in [4.69, 9.17) is 0 Å². The molecular formula is C14H20N4O2.